The molecule has 0 aliphatic rings. The van der Waals surface area contributed by atoms with Crippen molar-refractivity contribution < 1.29 is 4.79 Å². The van der Waals surface area contributed by atoms with Crippen molar-refractivity contribution in [3.63, 3.8) is 0 Å². The van der Waals surface area contributed by atoms with E-state index < -0.39 is 0 Å². The van der Waals surface area contributed by atoms with E-state index in [9.17, 15) is 4.79 Å². The summed E-state index contributed by atoms with van der Waals surface area (Å²) in [5, 5.41) is 0.719. The van der Waals surface area contributed by atoms with E-state index in [0.29, 0.717) is 5.56 Å². The number of benzene rings is 2. The number of Topliss-reactive ketones (excluding diaryl/α,β-unsaturated/α-hetero) is 1. The molecule has 92 valence electrons. The normalized spacial score (nSPS) is 10.4. The van der Waals surface area contributed by atoms with Crippen LogP contribution in [0.1, 0.15) is 17.3 Å². The Morgan fingerprint density at radius 1 is 1.22 bits per heavy atom. The van der Waals surface area contributed by atoms with Gasteiger partial charge in [-0.2, -0.15) is 0 Å². The molecule has 0 saturated carbocycles. The van der Waals surface area contributed by atoms with E-state index in [1.54, 1.807) is 18.7 Å². The van der Waals surface area contributed by atoms with E-state index in [1.165, 1.54) is 0 Å². The summed E-state index contributed by atoms with van der Waals surface area (Å²) >= 11 is 11.0. The SMILES string of the molecule is CC(=O)c1ccc(Sc2cccc(Cl)c2)c(Br)c1. The standard InChI is InChI=1S/C14H10BrClOS/c1-9(17)10-5-6-14(13(15)7-10)18-12-4-2-3-11(16)8-12/h2-8H,1H3. The van der Waals surface area contributed by atoms with Gasteiger partial charge < -0.3 is 0 Å². The molecule has 0 aromatic heterocycles. The lowest BCUT2D eigenvalue weighted by molar-refractivity contribution is 0.101. The highest BCUT2D eigenvalue weighted by Crippen LogP contribution is 2.34. The Kier molecular flexibility index (Phi) is 4.49. The Balaban J connectivity index is 2.27. The molecule has 0 atom stereocenters. The molecule has 1 nitrogen and oxygen atoms in total. The van der Waals surface area contributed by atoms with Gasteiger partial charge in [-0.1, -0.05) is 35.5 Å². The van der Waals surface area contributed by atoms with Gasteiger partial charge in [0.1, 0.15) is 0 Å². The fraction of sp³-hybridized carbons (Fsp3) is 0.0714. The van der Waals surface area contributed by atoms with Crippen molar-refractivity contribution in [3.8, 4) is 0 Å². The van der Waals surface area contributed by atoms with Crippen LogP contribution < -0.4 is 0 Å². The summed E-state index contributed by atoms with van der Waals surface area (Å²) in [6, 6.07) is 13.3. The highest BCUT2D eigenvalue weighted by molar-refractivity contribution is 9.10. The maximum Gasteiger partial charge on any atom is 0.159 e. The molecule has 0 bridgehead atoms. The van der Waals surface area contributed by atoms with Crippen LogP contribution in [-0.2, 0) is 0 Å². The van der Waals surface area contributed by atoms with Crippen molar-refractivity contribution in [2.24, 2.45) is 0 Å². The average Bonchev–Trinajstić information content (AvgIpc) is 2.31. The molecular formula is C14H10BrClOS. The van der Waals surface area contributed by atoms with Crippen molar-refractivity contribution in [2.75, 3.05) is 0 Å². The highest BCUT2D eigenvalue weighted by Gasteiger charge is 2.06. The first-order chi connectivity index (χ1) is 8.56. The zero-order valence-corrected chi connectivity index (χ0v) is 12.8. The van der Waals surface area contributed by atoms with E-state index in [1.807, 2.05) is 42.5 Å². The monoisotopic (exact) mass is 340 g/mol. The maximum absolute atomic E-state index is 11.3. The summed E-state index contributed by atoms with van der Waals surface area (Å²) in [4.78, 5) is 13.4. The fourth-order valence-corrected chi connectivity index (χ4v) is 3.22. The third kappa shape index (κ3) is 3.37. The van der Waals surface area contributed by atoms with E-state index in [2.05, 4.69) is 15.9 Å². The zero-order chi connectivity index (χ0) is 13.1. The Morgan fingerprint density at radius 3 is 2.61 bits per heavy atom. The molecule has 0 heterocycles. The van der Waals surface area contributed by atoms with E-state index in [0.717, 1.165) is 19.3 Å². The predicted molar refractivity (Wildman–Crippen MR) is 79.7 cm³/mol. The molecule has 0 radical (unpaired) electrons. The van der Waals surface area contributed by atoms with Gasteiger partial charge in [-0.15, -0.1) is 0 Å². The van der Waals surface area contributed by atoms with Gasteiger partial charge in [0.15, 0.2) is 5.78 Å². The van der Waals surface area contributed by atoms with Gasteiger partial charge in [0.25, 0.3) is 0 Å². The minimum absolute atomic E-state index is 0.0648. The number of carbonyl (C=O) groups excluding carboxylic acids is 1. The quantitative estimate of drug-likeness (QED) is 0.690. The third-order valence-corrected chi connectivity index (χ3v) is 4.58. The Morgan fingerprint density at radius 2 is 2.00 bits per heavy atom. The summed E-state index contributed by atoms with van der Waals surface area (Å²) in [7, 11) is 0. The molecule has 0 fully saturated rings. The van der Waals surface area contributed by atoms with Crippen LogP contribution in [0.15, 0.2) is 56.7 Å². The first-order valence-electron chi connectivity index (χ1n) is 5.30. The Bertz CT molecular complexity index is 598. The maximum atomic E-state index is 11.3. The van der Waals surface area contributed by atoms with Crippen molar-refractivity contribution in [1.29, 1.82) is 0 Å². The van der Waals surface area contributed by atoms with Gasteiger partial charge >= 0.3 is 0 Å². The van der Waals surface area contributed by atoms with Crippen LogP contribution in [-0.4, -0.2) is 5.78 Å². The molecule has 2 aromatic rings. The Labute approximate surface area is 124 Å². The van der Waals surface area contributed by atoms with Crippen LogP contribution in [0.5, 0.6) is 0 Å². The second-order valence-corrected chi connectivity index (χ2v) is 6.17. The number of hydrogen-bond donors (Lipinski definition) is 0. The summed E-state index contributed by atoms with van der Waals surface area (Å²) < 4.78 is 0.917. The van der Waals surface area contributed by atoms with Crippen molar-refractivity contribution in [2.45, 2.75) is 16.7 Å². The lowest BCUT2D eigenvalue weighted by Gasteiger charge is -2.06. The smallest absolute Gasteiger partial charge is 0.159 e. The van der Waals surface area contributed by atoms with Crippen LogP contribution in [0, 0.1) is 0 Å². The summed E-state index contributed by atoms with van der Waals surface area (Å²) in [6.07, 6.45) is 0. The van der Waals surface area contributed by atoms with Gasteiger partial charge in [-0.05, 0) is 53.2 Å². The molecule has 0 saturated heterocycles. The van der Waals surface area contributed by atoms with Gasteiger partial charge in [0, 0.05) is 24.8 Å². The molecule has 2 rings (SSSR count). The lowest BCUT2D eigenvalue weighted by atomic mass is 10.2. The first kappa shape index (κ1) is 13.7. The van der Waals surface area contributed by atoms with E-state index >= 15 is 0 Å². The fourth-order valence-electron chi connectivity index (χ4n) is 1.46. The largest absolute Gasteiger partial charge is 0.295 e. The second kappa shape index (κ2) is 5.91. The molecule has 2 aromatic carbocycles. The molecule has 4 heteroatoms. The summed E-state index contributed by atoms with van der Waals surface area (Å²) in [6.45, 7) is 1.56. The number of halogens is 2. The topological polar surface area (TPSA) is 17.1 Å². The minimum Gasteiger partial charge on any atom is -0.295 e. The molecule has 0 aliphatic heterocycles. The molecule has 0 unspecified atom stereocenters. The van der Waals surface area contributed by atoms with Crippen LogP contribution in [0.25, 0.3) is 0 Å². The zero-order valence-electron chi connectivity index (χ0n) is 9.61. The van der Waals surface area contributed by atoms with E-state index in [4.69, 9.17) is 11.6 Å². The van der Waals surface area contributed by atoms with Crippen LogP contribution in [0.4, 0.5) is 0 Å². The van der Waals surface area contributed by atoms with Crippen molar-refractivity contribution >= 4 is 45.1 Å². The highest BCUT2D eigenvalue weighted by atomic mass is 79.9. The second-order valence-electron chi connectivity index (χ2n) is 3.76. The lowest BCUT2D eigenvalue weighted by Crippen LogP contribution is -1.91. The van der Waals surface area contributed by atoms with Crippen molar-refractivity contribution in [3.05, 3.63) is 57.5 Å². The van der Waals surface area contributed by atoms with Gasteiger partial charge in [0.05, 0.1) is 0 Å². The summed E-state index contributed by atoms with van der Waals surface area (Å²) in [5.41, 5.74) is 0.706. The molecule has 0 spiro atoms. The van der Waals surface area contributed by atoms with Crippen LogP contribution in [0.3, 0.4) is 0 Å². The minimum atomic E-state index is 0.0648. The molecular weight excluding hydrogens is 332 g/mol. The predicted octanol–water partition coefficient (Wildman–Crippen LogP) is 5.46. The molecule has 0 aliphatic carbocycles. The third-order valence-electron chi connectivity index (χ3n) is 2.36. The number of carbonyl (C=O) groups is 1. The molecule has 18 heavy (non-hydrogen) atoms. The number of rotatable bonds is 3. The Hall–Kier alpha value is -0.770. The van der Waals surface area contributed by atoms with Crippen molar-refractivity contribution in [1.82, 2.24) is 0 Å². The van der Waals surface area contributed by atoms with Gasteiger partial charge in [0.2, 0.25) is 0 Å². The van der Waals surface area contributed by atoms with E-state index in [-0.39, 0.29) is 5.78 Å². The average molecular weight is 342 g/mol. The van der Waals surface area contributed by atoms with Gasteiger partial charge in [-0.3, -0.25) is 4.79 Å². The van der Waals surface area contributed by atoms with Crippen LogP contribution in [0.2, 0.25) is 5.02 Å². The number of ketones is 1. The van der Waals surface area contributed by atoms with Gasteiger partial charge in [-0.25, -0.2) is 0 Å². The van der Waals surface area contributed by atoms with Crippen LogP contribution >= 0.6 is 39.3 Å². The first-order valence-corrected chi connectivity index (χ1v) is 7.29. The number of hydrogen-bond acceptors (Lipinski definition) is 2. The summed E-state index contributed by atoms with van der Waals surface area (Å²) in [5.74, 6) is 0.0648. The molecule has 0 amide bonds. The molecule has 0 N–H and O–H groups in total.